The largest absolute Gasteiger partial charge is 0.376 e. The highest BCUT2D eigenvalue weighted by Crippen LogP contribution is 2.12. The SMILES string of the molecule is Cc1ccccc1NCC(=O)N/N=C\c1cccc(Br)c1. The Morgan fingerprint density at radius 3 is 2.81 bits per heavy atom. The molecule has 108 valence electrons. The highest BCUT2D eigenvalue weighted by Gasteiger charge is 2.01. The molecule has 0 radical (unpaired) electrons. The zero-order valence-corrected chi connectivity index (χ0v) is 13.2. The fraction of sp³-hybridized carbons (Fsp3) is 0.125. The predicted octanol–water partition coefficient (Wildman–Crippen LogP) is 3.32. The molecular formula is C16H16BrN3O. The van der Waals surface area contributed by atoms with Gasteiger partial charge in [-0.2, -0.15) is 5.10 Å². The molecule has 2 aromatic carbocycles. The molecule has 0 spiro atoms. The van der Waals surface area contributed by atoms with Gasteiger partial charge in [-0.05, 0) is 36.2 Å². The van der Waals surface area contributed by atoms with Crippen LogP contribution < -0.4 is 10.7 Å². The number of nitrogens with zero attached hydrogens (tertiary/aromatic N) is 1. The lowest BCUT2D eigenvalue weighted by Gasteiger charge is -2.07. The van der Waals surface area contributed by atoms with Crippen molar-refractivity contribution < 1.29 is 4.79 Å². The predicted molar refractivity (Wildman–Crippen MR) is 89.5 cm³/mol. The second kappa shape index (κ2) is 7.59. The molecule has 1 amide bonds. The molecule has 0 unspecified atom stereocenters. The van der Waals surface area contributed by atoms with Gasteiger partial charge >= 0.3 is 0 Å². The van der Waals surface area contributed by atoms with Crippen LogP contribution in [0, 0.1) is 6.92 Å². The van der Waals surface area contributed by atoms with E-state index in [0.29, 0.717) is 0 Å². The first-order chi connectivity index (χ1) is 10.1. The summed E-state index contributed by atoms with van der Waals surface area (Å²) in [5, 5.41) is 7.01. The summed E-state index contributed by atoms with van der Waals surface area (Å²) in [6.07, 6.45) is 1.61. The van der Waals surface area contributed by atoms with Gasteiger partial charge in [0, 0.05) is 10.2 Å². The lowest BCUT2D eigenvalue weighted by molar-refractivity contribution is -0.119. The van der Waals surface area contributed by atoms with Crippen LogP contribution in [0.3, 0.4) is 0 Å². The van der Waals surface area contributed by atoms with Gasteiger partial charge in [-0.1, -0.05) is 46.3 Å². The summed E-state index contributed by atoms with van der Waals surface area (Å²) >= 11 is 3.38. The summed E-state index contributed by atoms with van der Waals surface area (Å²) in [6, 6.07) is 15.5. The van der Waals surface area contributed by atoms with Crippen molar-refractivity contribution in [3.05, 3.63) is 64.1 Å². The molecule has 0 aliphatic rings. The summed E-state index contributed by atoms with van der Waals surface area (Å²) in [5.41, 5.74) is 5.45. The van der Waals surface area contributed by atoms with Crippen molar-refractivity contribution >= 4 is 33.7 Å². The van der Waals surface area contributed by atoms with Gasteiger partial charge in [0.1, 0.15) is 0 Å². The third-order valence-electron chi connectivity index (χ3n) is 2.84. The highest BCUT2D eigenvalue weighted by atomic mass is 79.9. The Bertz CT molecular complexity index is 655. The zero-order valence-electron chi connectivity index (χ0n) is 11.6. The maximum absolute atomic E-state index is 11.7. The molecule has 4 nitrogen and oxygen atoms in total. The van der Waals surface area contributed by atoms with Crippen LogP contribution in [0.25, 0.3) is 0 Å². The van der Waals surface area contributed by atoms with Crippen molar-refractivity contribution in [2.24, 2.45) is 5.10 Å². The van der Waals surface area contributed by atoms with Crippen LogP contribution in [-0.4, -0.2) is 18.7 Å². The number of aryl methyl sites for hydroxylation is 1. The summed E-state index contributed by atoms with van der Waals surface area (Å²) in [7, 11) is 0. The number of hydrogen-bond acceptors (Lipinski definition) is 3. The van der Waals surface area contributed by atoms with Crippen LogP contribution in [0.15, 0.2) is 58.1 Å². The van der Waals surface area contributed by atoms with E-state index in [1.165, 1.54) is 0 Å². The number of rotatable bonds is 5. The minimum Gasteiger partial charge on any atom is -0.376 e. The Labute approximate surface area is 132 Å². The Kier molecular flexibility index (Phi) is 5.51. The molecular weight excluding hydrogens is 330 g/mol. The molecule has 0 saturated heterocycles. The zero-order chi connectivity index (χ0) is 15.1. The number of amides is 1. The summed E-state index contributed by atoms with van der Waals surface area (Å²) < 4.78 is 0.971. The van der Waals surface area contributed by atoms with E-state index >= 15 is 0 Å². The van der Waals surface area contributed by atoms with Crippen molar-refractivity contribution in [1.29, 1.82) is 0 Å². The number of benzene rings is 2. The number of nitrogens with one attached hydrogen (secondary N) is 2. The fourth-order valence-corrected chi connectivity index (χ4v) is 2.17. The van der Waals surface area contributed by atoms with E-state index in [9.17, 15) is 4.79 Å². The number of anilines is 1. The molecule has 0 saturated carbocycles. The van der Waals surface area contributed by atoms with Gasteiger partial charge in [-0.3, -0.25) is 4.79 Å². The van der Waals surface area contributed by atoms with Crippen LogP contribution in [0.2, 0.25) is 0 Å². The standard InChI is InChI=1S/C16H16BrN3O/c1-12-5-2-3-8-15(12)18-11-16(21)20-19-10-13-6-4-7-14(17)9-13/h2-10,18H,11H2,1H3,(H,20,21)/b19-10-. The quantitative estimate of drug-likeness (QED) is 0.645. The topological polar surface area (TPSA) is 53.5 Å². The molecule has 2 rings (SSSR count). The van der Waals surface area contributed by atoms with Crippen LogP contribution in [-0.2, 0) is 4.79 Å². The number of carbonyl (C=O) groups is 1. The lowest BCUT2D eigenvalue weighted by Crippen LogP contribution is -2.26. The maximum atomic E-state index is 11.7. The van der Waals surface area contributed by atoms with Crippen molar-refractivity contribution in [3.8, 4) is 0 Å². The Morgan fingerprint density at radius 1 is 1.24 bits per heavy atom. The van der Waals surface area contributed by atoms with Gasteiger partial charge in [0.05, 0.1) is 12.8 Å². The summed E-state index contributed by atoms with van der Waals surface area (Å²) in [4.78, 5) is 11.7. The van der Waals surface area contributed by atoms with E-state index in [-0.39, 0.29) is 12.5 Å². The first-order valence-electron chi connectivity index (χ1n) is 6.52. The minimum atomic E-state index is -0.190. The first kappa shape index (κ1) is 15.3. The third-order valence-corrected chi connectivity index (χ3v) is 3.33. The average molecular weight is 346 g/mol. The molecule has 2 aromatic rings. The molecule has 0 heterocycles. The molecule has 2 N–H and O–H groups in total. The second-order valence-corrected chi connectivity index (χ2v) is 5.43. The van der Waals surface area contributed by atoms with Gasteiger partial charge in [-0.15, -0.1) is 0 Å². The van der Waals surface area contributed by atoms with Gasteiger partial charge in [0.25, 0.3) is 5.91 Å². The van der Waals surface area contributed by atoms with Gasteiger partial charge in [-0.25, -0.2) is 5.43 Å². The van der Waals surface area contributed by atoms with Gasteiger partial charge < -0.3 is 5.32 Å². The fourth-order valence-electron chi connectivity index (χ4n) is 1.75. The molecule has 0 bridgehead atoms. The molecule has 21 heavy (non-hydrogen) atoms. The Balaban J connectivity index is 1.81. The average Bonchev–Trinajstić information content (AvgIpc) is 2.46. The number of para-hydroxylation sites is 1. The van der Waals surface area contributed by atoms with E-state index in [0.717, 1.165) is 21.3 Å². The van der Waals surface area contributed by atoms with E-state index < -0.39 is 0 Å². The van der Waals surface area contributed by atoms with Crippen LogP contribution >= 0.6 is 15.9 Å². The lowest BCUT2D eigenvalue weighted by atomic mass is 10.2. The maximum Gasteiger partial charge on any atom is 0.259 e. The third kappa shape index (κ3) is 5.04. The smallest absolute Gasteiger partial charge is 0.259 e. The van der Waals surface area contributed by atoms with Gasteiger partial charge in [0.2, 0.25) is 0 Å². The van der Waals surface area contributed by atoms with E-state index in [1.807, 2.05) is 55.5 Å². The number of hydrogen-bond donors (Lipinski definition) is 2. The molecule has 0 aromatic heterocycles. The first-order valence-corrected chi connectivity index (χ1v) is 7.31. The van der Waals surface area contributed by atoms with Crippen molar-refractivity contribution in [2.75, 3.05) is 11.9 Å². The van der Waals surface area contributed by atoms with E-state index in [2.05, 4.69) is 31.8 Å². The minimum absolute atomic E-state index is 0.181. The van der Waals surface area contributed by atoms with E-state index in [4.69, 9.17) is 0 Å². The van der Waals surface area contributed by atoms with Crippen LogP contribution in [0.1, 0.15) is 11.1 Å². The second-order valence-electron chi connectivity index (χ2n) is 4.52. The Morgan fingerprint density at radius 2 is 2.05 bits per heavy atom. The monoisotopic (exact) mass is 345 g/mol. The van der Waals surface area contributed by atoms with Gasteiger partial charge in [0.15, 0.2) is 0 Å². The molecule has 0 fully saturated rings. The summed E-state index contributed by atoms with van der Waals surface area (Å²) in [6.45, 7) is 2.17. The van der Waals surface area contributed by atoms with Crippen LogP contribution in [0.5, 0.6) is 0 Å². The molecule has 0 aliphatic heterocycles. The molecule has 5 heteroatoms. The van der Waals surface area contributed by atoms with Crippen molar-refractivity contribution in [1.82, 2.24) is 5.43 Å². The Hall–Kier alpha value is -2.14. The number of hydrazone groups is 1. The van der Waals surface area contributed by atoms with Crippen LogP contribution in [0.4, 0.5) is 5.69 Å². The molecule has 0 atom stereocenters. The van der Waals surface area contributed by atoms with Crippen molar-refractivity contribution in [2.45, 2.75) is 6.92 Å². The summed E-state index contributed by atoms with van der Waals surface area (Å²) in [5.74, 6) is -0.190. The number of carbonyl (C=O) groups excluding carboxylic acids is 1. The molecule has 0 aliphatic carbocycles. The van der Waals surface area contributed by atoms with E-state index in [1.54, 1.807) is 6.21 Å². The normalized spacial score (nSPS) is 10.6. The number of halogens is 1. The highest BCUT2D eigenvalue weighted by molar-refractivity contribution is 9.10. The van der Waals surface area contributed by atoms with Crippen molar-refractivity contribution in [3.63, 3.8) is 0 Å².